The summed E-state index contributed by atoms with van der Waals surface area (Å²) >= 11 is 0. The lowest BCUT2D eigenvalue weighted by Crippen LogP contribution is -1.99. The zero-order valence-electron chi connectivity index (χ0n) is 10.7. The fraction of sp³-hybridized carbons (Fsp3) is 0.333. The highest BCUT2D eigenvalue weighted by molar-refractivity contribution is 5.67. The molecule has 0 saturated carbocycles. The van der Waals surface area contributed by atoms with Crippen LogP contribution in [-0.2, 0) is 0 Å². The predicted molar refractivity (Wildman–Crippen MR) is 66.9 cm³/mol. The second-order valence-electron chi connectivity index (χ2n) is 3.46. The molecule has 0 radical (unpaired) electrons. The topological polar surface area (TPSA) is 70.8 Å². The van der Waals surface area contributed by atoms with Crippen molar-refractivity contribution in [1.29, 1.82) is 0 Å². The summed E-state index contributed by atoms with van der Waals surface area (Å²) in [5.41, 5.74) is 1.30. The van der Waals surface area contributed by atoms with Gasteiger partial charge in [0.05, 0.1) is 26.3 Å². The maximum absolute atomic E-state index is 10.4. The average molecular weight is 253 g/mol. The number of nitro groups is 1. The first-order valence-corrected chi connectivity index (χ1v) is 5.16. The van der Waals surface area contributed by atoms with Crippen LogP contribution in [0.3, 0.4) is 0 Å². The van der Waals surface area contributed by atoms with Crippen LogP contribution in [0.2, 0.25) is 0 Å². The third kappa shape index (κ3) is 2.71. The van der Waals surface area contributed by atoms with Crippen molar-refractivity contribution in [1.82, 2.24) is 0 Å². The Morgan fingerprint density at radius 1 is 1.17 bits per heavy atom. The zero-order chi connectivity index (χ0) is 13.7. The van der Waals surface area contributed by atoms with Gasteiger partial charge in [-0.2, -0.15) is 0 Å². The van der Waals surface area contributed by atoms with Crippen molar-refractivity contribution < 1.29 is 19.1 Å². The zero-order valence-corrected chi connectivity index (χ0v) is 10.7. The summed E-state index contributed by atoms with van der Waals surface area (Å²) in [5.74, 6) is 1.52. The molecule has 0 atom stereocenters. The van der Waals surface area contributed by atoms with E-state index in [-0.39, 0.29) is 0 Å². The van der Waals surface area contributed by atoms with Gasteiger partial charge in [-0.05, 0) is 13.0 Å². The number of hydrogen-bond donors (Lipinski definition) is 0. The Bertz CT molecular complexity index is 482. The maximum Gasteiger partial charge on any atom is 0.235 e. The fourth-order valence-corrected chi connectivity index (χ4v) is 1.66. The van der Waals surface area contributed by atoms with Gasteiger partial charge in [0.15, 0.2) is 11.5 Å². The largest absolute Gasteiger partial charge is 0.496 e. The van der Waals surface area contributed by atoms with Crippen molar-refractivity contribution in [2.45, 2.75) is 6.92 Å². The Labute approximate surface area is 105 Å². The number of benzene rings is 1. The highest BCUT2D eigenvalue weighted by Crippen LogP contribution is 2.40. The van der Waals surface area contributed by atoms with Gasteiger partial charge in [0.25, 0.3) is 0 Å². The number of ether oxygens (including phenoxy) is 3. The van der Waals surface area contributed by atoms with Crippen LogP contribution in [0, 0.1) is 17.0 Å². The molecule has 6 heteroatoms. The molecule has 0 saturated heterocycles. The summed E-state index contributed by atoms with van der Waals surface area (Å²) in [7, 11) is 4.51. The Morgan fingerprint density at radius 3 is 2.22 bits per heavy atom. The van der Waals surface area contributed by atoms with E-state index in [9.17, 15) is 10.1 Å². The molecule has 0 N–H and O–H groups in total. The van der Waals surface area contributed by atoms with E-state index in [0.717, 1.165) is 11.8 Å². The molecule has 0 aromatic heterocycles. The van der Waals surface area contributed by atoms with Crippen LogP contribution in [-0.4, -0.2) is 26.3 Å². The van der Waals surface area contributed by atoms with E-state index >= 15 is 0 Å². The van der Waals surface area contributed by atoms with Gasteiger partial charge in [0, 0.05) is 17.2 Å². The molecule has 0 aliphatic heterocycles. The van der Waals surface area contributed by atoms with Crippen LogP contribution in [0.5, 0.6) is 17.2 Å². The summed E-state index contributed by atoms with van der Waals surface area (Å²) in [4.78, 5) is 9.82. The van der Waals surface area contributed by atoms with Gasteiger partial charge in [0.2, 0.25) is 6.20 Å². The van der Waals surface area contributed by atoms with Gasteiger partial charge in [0.1, 0.15) is 5.75 Å². The quantitative estimate of drug-likeness (QED) is 0.594. The second kappa shape index (κ2) is 5.90. The summed E-state index contributed by atoms with van der Waals surface area (Å²) in [5, 5.41) is 10.4. The monoisotopic (exact) mass is 253 g/mol. The SMILES string of the molecule is COc1cc(C=C[N+](=O)[O-])c(OC)c(OC)c1C. The van der Waals surface area contributed by atoms with E-state index in [0.29, 0.717) is 22.8 Å². The molecule has 1 rings (SSSR count). The molecule has 0 unspecified atom stereocenters. The highest BCUT2D eigenvalue weighted by Gasteiger charge is 2.16. The van der Waals surface area contributed by atoms with E-state index in [1.54, 1.807) is 6.07 Å². The Balaban J connectivity index is 3.44. The van der Waals surface area contributed by atoms with Crippen LogP contribution in [0.15, 0.2) is 12.3 Å². The summed E-state index contributed by atoms with van der Waals surface area (Å²) in [6.07, 6.45) is 2.18. The molecule has 18 heavy (non-hydrogen) atoms. The normalized spacial score (nSPS) is 10.4. The third-order valence-corrected chi connectivity index (χ3v) is 2.47. The number of methoxy groups -OCH3 is 3. The molecule has 1 aromatic rings. The molecule has 0 bridgehead atoms. The number of rotatable bonds is 5. The summed E-state index contributed by atoms with van der Waals surface area (Å²) < 4.78 is 15.7. The molecule has 0 amide bonds. The Hall–Kier alpha value is -2.24. The first-order valence-electron chi connectivity index (χ1n) is 5.16. The standard InChI is InChI=1S/C12H15NO5/c1-8-10(16-2)7-9(5-6-13(14)15)12(18-4)11(8)17-3/h5-7H,1-4H3. The van der Waals surface area contributed by atoms with E-state index in [4.69, 9.17) is 14.2 Å². The predicted octanol–water partition coefficient (Wildman–Crippen LogP) is 2.27. The first kappa shape index (κ1) is 13.8. The van der Waals surface area contributed by atoms with Crippen molar-refractivity contribution in [3.63, 3.8) is 0 Å². The fourth-order valence-electron chi connectivity index (χ4n) is 1.66. The minimum atomic E-state index is -0.543. The highest BCUT2D eigenvalue weighted by atomic mass is 16.6. The number of nitrogens with zero attached hydrogens (tertiary/aromatic N) is 1. The van der Waals surface area contributed by atoms with Crippen molar-refractivity contribution in [2.24, 2.45) is 0 Å². The molecular weight excluding hydrogens is 238 g/mol. The van der Waals surface area contributed by atoms with Gasteiger partial charge in [-0.1, -0.05) is 0 Å². The first-order chi connectivity index (χ1) is 8.54. The van der Waals surface area contributed by atoms with E-state index < -0.39 is 4.92 Å². The second-order valence-corrected chi connectivity index (χ2v) is 3.46. The molecule has 0 spiro atoms. The molecule has 0 heterocycles. The van der Waals surface area contributed by atoms with E-state index in [1.165, 1.54) is 27.4 Å². The van der Waals surface area contributed by atoms with Crippen LogP contribution < -0.4 is 14.2 Å². The Kier molecular flexibility index (Phi) is 4.53. The van der Waals surface area contributed by atoms with Gasteiger partial charge in [-0.25, -0.2) is 0 Å². The lowest BCUT2D eigenvalue weighted by atomic mass is 10.1. The van der Waals surface area contributed by atoms with E-state index in [2.05, 4.69) is 0 Å². The lowest BCUT2D eigenvalue weighted by Gasteiger charge is -2.15. The van der Waals surface area contributed by atoms with Crippen molar-refractivity contribution in [3.05, 3.63) is 33.5 Å². The smallest absolute Gasteiger partial charge is 0.235 e. The average Bonchev–Trinajstić information content (AvgIpc) is 2.36. The van der Waals surface area contributed by atoms with Crippen molar-refractivity contribution in [2.75, 3.05) is 21.3 Å². The molecule has 0 fully saturated rings. The van der Waals surface area contributed by atoms with Gasteiger partial charge in [-0.15, -0.1) is 0 Å². The molecular formula is C12H15NO5. The van der Waals surface area contributed by atoms with E-state index in [1.807, 2.05) is 6.92 Å². The van der Waals surface area contributed by atoms with Crippen molar-refractivity contribution >= 4 is 6.08 Å². The maximum atomic E-state index is 10.4. The lowest BCUT2D eigenvalue weighted by molar-refractivity contribution is -0.400. The van der Waals surface area contributed by atoms with Crippen LogP contribution >= 0.6 is 0 Å². The molecule has 0 aliphatic rings. The molecule has 1 aromatic carbocycles. The van der Waals surface area contributed by atoms with Gasteiger partial charge in [-0.3, -0.25) is 10.1 Å². The van der Waals surface area contributed by atoms with Crippen LogP contribution in [0.4, 0.5) is 0 Å². The summed E-state index contributed by atoms with van der Waals surface area (Å²) in [6.45, 7) is 1.82. The van der Waals surface area contributed by atoms with Gasteiger partial charge < -0.3 is 14.2 Å². The van der Waals surface area contributed by atoms with Gasteiger partial charge >= 0.3 is 0 Å². The van der Waals surface area contributed by atoms with Crippen molar-refractivity contribution in [3.8, 4) is 17.2 Å². The minimum Gasteiger partial charge on any atom is -0.496 e. The minimum absolute atomic E-state index is 0.439. The van der Waals surface area contributed by atoms with Crippen LogP contribution in [0.1, 0.15) is 11.1 Å². The summed E-state index contributed by atoms with van der Waals surface area (Å²) in [6, 6.07) is 1.66. The molecule has 6 nitrogen and oxygen atoms in total. The number of hydrogen-bond acceptors (Lipinski definition) is 5. The third-order valence-electron chi connectivity index (χ3n) is 2.47. The molecule has 98 valence electrons. The van der Waals surface area contributed by atoms with Crippen LogP contribution in [0.25, 0.3) is 6.08 Å². The molecule has 0 aliphatic carbocycles. The Morgan fingerprint density at radius 2 is 1.78 bits per heavy atom.